The molecule has 0 spiro atoms. The molecule has 0 aliphatic carbocycles. The van der Waals surface area contributed by atoms with Gasteiger partial charge in [-0.05, 0) is 18.3 Å². The van der Waals surface area contributed by atoms with E-state index in [2.05, 4.69) is 49.7 Å². The average Bonchev–Trinajstić information content (AvgIpc) is 2.67. The van der Waals surface area contributed by atoms with Crippen LogP contribution in [0.15, 0.2) is 6.20 Å². The molecule has 1 aromatic heterocycles. The van der Waals surface area contributed by atoms with Crippen LogP contribution >= 0.6 is 0 Å². The number of aliphatic hydroxyl groups is 1. The summed E-state index contributed by atoms with van der Waals surface area (Å²) in [6.07, 6.45) is 3.55. The van der Waals surface area contributed by atoms with Crippen molar-refractivity contribution in [3.63, 3.8) is 0 Å². The first-order valence-electron chi connectivity index (χ1n) is 7.60. The molecule has 0 bridgehead atoms. The van der Waals surface area contributed by atoms with Crippen molar-refractivity contribution in [1.29, 1.82) is 0 Å². The molecule has 1 aliphatic rings. The number of aromatic amines is 1. The van der Waals surface area contributed by atoms with Crippen molar-refractivity contribution < 1.29 is 5.11 Å². The third kappa shape index (κ3) is 3.83. The fourth-order valence-corrected chi connectivity index (χ4v) is 3.28. The molecule has 0 aromatic carbocycles. The molecule has 0 saturated carbocycles. The van der Waals surface area contributed by atoms with E-state index in [1.165, 1.54) is 11.3 Å². The van der Waals surface area contributed by atoms with Gasteiger partial charge in [-0.25, -0.2) is 0 Å². The van der Waals surface area contributed by atoms with Crippen LogP contribution in [0.3, 0.4) is 0 Å². The van der Waals surface area contributed by atoms with E-state index >= 15 is 0 Å². The van der Waals surface area contributed by atoms with Crippen LogP contribution in [0.5, 0.6) is 0 Å². The molecule has 1 aromatic rings. The number of hydrogen-bond donors (Lipinski definition) is 2. The largest absolute Gasteiger partial charge is 0.393 e. The van der Waals surface area contributed by atoms with Gasteiger partial charge in [0.1, 0.15) is 0 Å². The molecule has 0 amide bonds. The molecule has 20 heavy (non-hydrogen) atoms. The number of nitrogens with zero attached hydrogens (tertiary/aromatic N) is 2. The summed E-state index contributed by atoms with van der Waals surface area (Å²) in [6, 6.07) is 0. The van der Waals surface area contributed by atoms with Crippen molar-refractivity contribution in [2.45, 2.75) is 65.5 Å². The molecular formula is C16H29N3O. The Balaban J connectivity index is 2.12. The van der Waals surface area contributed by atoms with Crippen molar-refractivity contribution in [2.24, 2.45) is 5.41 Å². The Labute approximate surface area is 122 Å². The first-order chi connectivity index (χ1) is 9.17. The number of hydrogen-bond acceptors (Lipinski definition) is 3. The van der Waals surface area contributed by atoms with Gasteiger partial charge in [0.15, 0.2) is 0 Å². The van der Waals surface area contributed by atoms with Crippen LogP contribution in [0.4, 0.5) is 0 Å². The summed E-state index contributed by atoms with van der Waals surface area (Å²) < 4.78 is 0. The van der Waals surface area contributed by atoms with Gasteiger partial charge in [-0.3, -0.25) is 10.00 Å². The lowest BCUT2D eigenvalue weighted by Crippen LogP contribution is -2.33. The summed E-state index contributed by atoms with van der Waals surface area (Å²) in [5, 5.41) is 17.4. The zero-order valence-electron chi connectivity index (χ0n) is 13.5. The zero-order chi connectivity index (χ0) is 15.0. The standard InChI is InChI=1S/C16H29N3O/c1-15(2,3)14-12(9-17-18-14)10-19-7-6-13(20)8-16(4,5)11-19/h9,13,20H,6-8,10-11H2,1-5H3,(H,17,18). The highest BCUT2D eigenvalue weighted by Crippen LogP contribution is 2.30. The van der Waals surface area contributed by atoms with Gasteiger partial charge in [-0.2, -0.15) is 5.10 Å². The second-order valence-corrected chi connectivity index (χ2v) is 8.04. The molecule has 4 heteroatoms. The topological polar surface area (TPSA) is 52.1 Å². The van der Waals surface area contributed by atoms with Gasteiger partial charge in [0.25, 0.3) is 0 Å². The normalized spacial score (nSPS) is 24.6. The molecule has 114 valence electrons. The lowest BCUT2D eigenvalue weighted by Gasteiger charge is -2.30. The molecule has 1 saturated heterocycles. The summed E-state index contributed by atoms with van der Waals surface area (Å²) in [7, 11) is 0. The van der Waals surface area contributed by atoms with Crippen molar-refractivity contribution in [1.82, 2.24) is 15.1 Å². The summed E-state index contributed by atoms with van der Waals surface area (Å²) in [4.78, 5) is 2.45. The first-order valence-corrected chi connectivity index (χ1v) is 7.60. The Morgan fingerprint density at radius 2 is 2.15 bits per heavy atom. The maximum atomic E-state index is 10.0. The number of rotatable bonds is 2. The predicted molar refractivity (Wildman–Crippen MR) is 81.6 cm³/mol. The van der Waals surface area contributed by atoms with Crippen LogP contribution in [-0.2, 0) is 12.0 Å². The number of aromatic nitrogens is 2. The lowest BCUT2D eigenvalue weighted by molar-refractivity contribution is 0.121. The van der Waals surface area contributed by atoms with E-state index in [1.807, 2.05) is 6.20 Å². The fourth-order valence-electron chi connectivity index (χ4n) is 3.28. The summed E-state index contributed by atoms with van der Waals surface area (Å²) in [6.45, 7) is 14.0. The van der Waals surface area contributed by atoms with Gasteiger partial charge in [0.05, 0.1) is 12.3 Å². The molecule has 1 fully saturated rings. The highest BCUT2D eigenvalue weighted by Gasteiger charge is 2.30. The summed E-state index contributed by atoms with van der Waals surface area (Å²) in [5.74, 6) is 0. The minimum absolute atomic E-state index is 0.0900. The highest BCUT2D eigenvalue weighted by molar-refractivity contribution is 5.23. The maximum absolute atomic E-state index is 10.0. The molecule has 1 atom stereocenters. The molecule has 2 N–H and O–H groups in total. The van der Waals surface area contributed by atoms with Crippen LogP contribution in [-0.4, -0.2) is 39.4 Å². The van der Waals surface area contributed by atoms with E-state index in [0.717, 1.165) is 32.5 Å². The van der Waals surface area contributed by atoms with Crippen molar-refractivity contribution in [3.05, 3.63) is 17.5 Å². The minimum atomic E-state index is -0.165. The average molecular weight is 279 g/mol. The van der Waals surface area contributed by atoms with E-state index in [9.17, 15) is 5.11 Å². The quantitative estimate of drug-likeness (QED) is 0.875. The molecule has 4 nitrogen and oxygen atoms in total. The van der Waals surface area contributed by atoms with Gasteiger partial charge < -0.3 is 5.11 Å². The fraction of sp³-hybridized carbons (Fsp3) is 0.812. The SMILES string of the molecule is CC1(C)CC(O)CCN(Cc2cn[nH]c2C(C)(C)C)C1. The van der Waals surface area contributed by atoms with E-state index in [-0.39, 0.29) is 16.9 Å². The van der Waals surface area contributed by atoms with E-state index in [1.54, 1.807) is 0 Å². The van der Waals surface area contributed by atoms with Gasteiger partial charge in [-0.15, -0.1) is 0 Å². The number of aliphatic hydroxyl groups excluding tert-OH is 1. The Hall–Kier alpha value is -0.870. The number of nitrogens with one attached hydrogen (secondary N) is 1. The van der Waals surface area contributed by atoms with Gasteiger partial charge in [0, 0.05) is 36.3 Å². The van der Waals surface area contributed by atoms with Gasteiger partial charge in [-0.1, -0.05) is 34.6 Å². The second kappa shape index (κ2) is 5.49. The molecule has 1 unspecified atom stereocenters. The third-order valence-corrected chi connectivity index (χ3v) is 4.08. The maximum Gasteiger partial charge on any atom is 0.0558 e. The number of likely N-dealkylation sites (tertiary alicyclic amines) is 1. The monoisotopic (exact) mass is 279 g/mol. The Kier molecular flexibility index (Phi) is 4.26. The number of H-pyrrole nitrogens is 1. The van der Waals surface area contributed by atoms with E-state index in [4.69, 9.17) is 0 Å². The summed E-state index contributed by atoms with van der Waals surface area (Å²) in [5.41, 5.74) is 2.76. The van der Waals surface area contributed by atoms with Crippen molar-refractivity contribution in [3.8, 4) is 0 Å². The molecule has 1 aliphatic heterocycles. The van der Waals surface area contributed by atoms with Crippen LogP contribution in [0.2, 0.25) is 0 Å². The first kappa shape index (κ1) is 15.5. The van der Waals surface area contributed by atoms with E-state index in [0.29, 0.717) is 0 Å². The molecule has 2 heterocycles. The molecular weight excluding hydrogens is 250 g/mol. The highest BCUT2D eigenvalue weighted by atomic mass is 16.3. The van der Waals surface area contributed by atoms with Crippen LogP contribution in [0.1, 0.15) is 58.7 Å². The Morgan fingerprint density at radius 1 is 1.45 bits per heavy atom. The van der Waals surface area contributed by atoms with Gasteiger partial charge >= 0.3 is 0 Å². The second-order valence-electron chi connectivity index (χ2n) is 8.04. The molecule has 0 radical (unpaired) electrons. The third-order valence-electron chi connectivity index (χ3n) is 4.08. The van der Waals surface area contributed by atoms with Gasteiger partial charge in [0.2, 0.25) is 0 Å². The smallest absolute Gasteiger partial charge is 0.0558 e. The van der Waals surface area contributed by atoms with Crippen LogP contribution in [0.25, 0.3) is 0 Å². The lowest BCUT2D eigenvalue weighted by atomic mass is 9.86. The Bertz CT molecular complexity index is 445. The van der Waals surface area contributed by atoms with Crippen molar-refractivity contribution in [2.75, 3.05) is 13.1 Å². The van der Waals surface area contributed by atoms with Crippen LogP contribution in [0, 0.1) is 5.41 Å². The van der Waals surface area contributed by atoms with Crippen molar-refractivity contribution >= 4 is 0 Å². The predicted octanol–water partition coefficient (Wildman–Crippen LogP) is 2.69. The molecule has 2 rings (SSSR count). The Morgan fingerprint density at radius 3 is 2.80 bits per heavy atom. The van der Waals surface area contributed by atoms with E-state index < -0.39 is 0 Å². The van der Waals surface area contributed by atoms with Crippen LogP contribution < -0.4 is 0 Å². The zero-order valence-corrected chi connectivity index (χ0v) is 13.5. The summed E-state index contributed by atoms with van der Waals surface area (Å²) >= 11 is 0. The minimum Gasteiger partial charge on any atom is -0.393 e.